The third-order valence-corrected chi connectivity index (χ3v) is 2.80. The van der Waals surface area contributed by atoms with E-state index in [4.69, 9.17) is 5.11 Å². The number of hydrogen-bond acceptors (Lipinski definition) is 3. The van der Waals surface area contributed by atoms with Crippen molar-refractivity contribution in [3.8, 4) is 0 Å². The van der Waals surface area contributed by atoms with Gasteiger partial charge in [-0.25, -0.2) is 0 Å². The molecule has 0 spiro atoms. The molecule has 80 valence electrons. The molecule has 1 aromatic carbocycles. The van der Waals surface area contributed by atoms with Crippen LogP contribution in [0.1, 0.15) is 12.0 Å². The number of aliphatic hydroxyl groups is 1. The van der Waals surface area contributed by atoms with Crippen molar-refractivity contribution >= 4 is 5.78 Å². The predicted molar refractivity (Wildman–Crippen MR) is 57.3 cm³/mol. The fraction of sp³-hybridized carbons (Fsp3) is 0.417. The van der Waals surface area contributed by atoms with Crippen molar-refractivity contribution < 1.29 is 9.90 Å². The van der Waals surface area contributed by atoms with Gasteiger partial charge in [-0.2, -0.15) is 0 Å². The minimum atomic E-state index is 0.0118. The summed E-state index contributed by atoms with van der Waals surface area (Å²) in [6.07, 6.45) is 0.489. The van der Waals surface area contributed by atoms with E-state index >= 15 is 0 Å². The van der Waals surface area contributed by atoms with Gasteiger partial charge in [-0.3, -0.25) is 9.69 Å². The average Bonchev–Trinajstić information content (AvgIpc) is 2.60. The maximum atomic E-state index is 11.3. The van der Waals surface area contributed by atoms with E-state index in [-0.39, 0.29) is 18.4 Å². The van der Waals surface area contributed by atoms with Gasteiger partial charge in [0.2, 0.25) is 0 Å². The summed E-state index contributed by atoms with van der Waals surface area (Å²) in [5, 5.41) is 9.14. The first-order chi connectivity index (χ1) is 7.29. The molecule has 1 heterocycles. The molecule has 1 aliphatic heterocycles. The molecule has 1 fully saturated rings. The fourth-order valence-electron chi connectivity index (χ4n) is 2.00. The van der Waals surface area contributed by atoms with Crippen LogP contribution in [0.2, 0.25) is 0 Å². The number of benzene rings is 1. The van der Waals surface area contributed by atoms with Gasteiger partial charge in [0.15, 0.2) is 0 Å². The molecule has 15 heavy (non-hydrogen) atoms. The summed E-state index contributed by atoms with van der Waals surface area (Å²) in [7, 11) is 0. The predicted octanol–water partition coefficient (Wildman–Crippen LogP) is 0.822. The summed E-state index contributed by atoms with van der Waals surface area (Å²) in [4.78, 5) is 13.3. The van der Waals surface area contributed by atoms with Crippen LogP contribution < -0.4 is 0 Å². The normalized spacial score (nSPS) is 22.2. The van der Waals surface area contributed by atoms with E-state index in [1.54, 1.807) is 0 Å². The Balaban J connectivity index is 2.03. The number of aliphatic hydroxyl groups excluding tert-OH is 1. The molecule has 1 atom stereocenters. The van der Waals surface area contributed by atoms with E-state index in [9.17, 15) is 4.79 Å². The molecule has 3 heteroatoms. The van der Waals surface area contributed by atoms with Crippen molar-refractivity contribution in [1.29, 1.82) is 0 Å². The monoisotopic (exact) mass is 205 g/mol. The summed E-state index contributed by atoms with van der Waals surface area (Å²) >= 11 is 0. The van der Waals surface area contributed by atoms with Crippen LogP contribution in [0, 0.1) is 0 Å². The second kappa shape index (κ2) is 4.55. The molecule has 2 rings (SSSR count). The first kappa shape index (κ1) is 10.3. The lowest BCUT2D eigenvalue weighted by Crippen LogP contribution is -2.31. The number of Topliss-reactive ketones (excluding diaryl/α,β-unsaturated/α-hetero) is 1. The second-order valence-electron chi connectivity index (χ2n) is 3.97. The van der Waals surface area contributed by atoms with Gasteiger partial charge in [0.05, 0.1) is 13.2 Å². The highest BCUT2D eigenvalue weighted by Crippen LogP contribution is 2.17. The lowest BCUT2D eigenvalue weighted by molar-refractivity contribution is -0.117. The Labute approximate surface area is 89.3 Å². The van der Waals surface area contributed by atoms with Crippen LogP contribution in [0.25, 0.3) is 0 Å². The SMILES string of the molecule is O=C1C[C@H](CO)N(Cc2ccccc2)C1. The van der Waals surface area contributed by atoms with Crippen molar-refractivity contribution in [2.75, 3.05) is 13.2 Å². The van der Waals surface area contributed by atoms with Gasteiger partial charge < -0.3 is 5.11 Å². The summed E-state index contributed by atoms with van der Waals surface area (Å²) in [5.41, 5.74) is 1.19. The van der Waals surface area contributed by atoms with Crippen LogP contribution >= 0.6 is 0 Å². The van der Waals surface area contributed by atoms with Gasteiger partial charge in [-0.05, 0) is 5.56 Å². The lowest BCUT2D eigenvalue weighted by atomic mass is 10.2. The second-order valence-corrected chi connectivity index (χ2v) is 3.97. The molecule has 0 unspecified atom stereocenters. The molecule has 1 N–H and O–H groups in total. The van der Waals surface area contributed by atoms with Crippen LogP contribution in [-0.4, -0.2) is 35.0 Å². The van der Waals surface area contributed by atoms with E-state index in [1.807, 2.05) is 35.2 Å². The Bertz CT molecular complexity index is 337. The minimum absolute atomic E-state index is 0.0118. The average molecular weight is 205 g/mol. The smallest absolute Gasteiger partial charge is 0.148 e. The Morgan fingerprint density at radius 3 is 2.73 bits per heavy atom. The van der Waals surface area contributed by atoms with Crippen molar-refractivity contribution in [2.45, 2.75) is 19.0 Å². The van der Waals surface area contributed by atoms with E-state index in [0.29, 0.717) is 13.0 Å². The van der Waals surface area contributed by atoms with Gasteiger partial charge >= 0.3 is 0 Å². The number of ketones is 1. The molecular formula is C12H15NO2. The van der Waals surface area contributed by atoms with E-state index in [2.05, 4.69) is 0 Å². The molecule has 0 saturated carbocycles. The van der Waals surface area contributed by atoms with Crippen LogP contribution in [0.3, 0.4) is 0 Å². The number of carbonyl (C=O) groups is 1. The van der Waals surface area contributed by atoms with Crippen LogP contribution in [0.15, 0.2) is 30.3 Å². The lowest BCUT2D eigenvalue weighted by Gasteiger charge is -2.21. The van der Waals surface area contributed by atoms with Gasteiger partial charge in [-0.1, -0.05) is 30.3 Å². The zero-order valence-electron chi connectivity index (χ0n) is 8.60. The van der Waals surface area contributed by atoms with Crippen molar-refractivity contribution in [3.05, 3.63) is 35.9 Å². The summed E-state index contributed by atoms with van der Waals surface area (Å²) in [6.45, 7) is 1.29. The molecule has 0 amide bonds. The van der Waals surface area contributed by atoms with Crippen molar-refractivity contribution in [2.24, 2.45) is 0 Å². The summed E-state index contributed by atoms with van der Waals surface area (Å²) < 4.78 is 0. The van der Waals surface area contributed by atoms with Crippen LogP contribution in [0.5, 0.6) is 0 Å². The highest BCUT2D eigenvalue weighted by molar-refractivity contribution is 5.83. The fourth-order valence-corrected chi connectivity index (χ4v) is 2.00. The number of nitrogens with zero attached hydrogens (tertiary/aromatic N) is 1. The molecule has 3 nitrogen and oxygen atoms in total. The number of carbonyl (C=O) groups excluding carboxylic acids is 1. The zero-order chi connectivity index (χ0) is 10.7. The van der Waals surface area contributed by atoms with Crippen molar-refractivity contribution in [1.82, 2.24) is 4.90 Å². The van der Waals surface area contributed by atoms with Gasteiger partial charge in [0.25, 0.3) is 0 Å². The molecule has 0 aliphatic carbocycles. The molecule has 1 aliphatic rings. The van der Waals surface area contributed by atoms with Crippen molar-refractivity contribution in [3.63, 3.8) is 0 Å². The topological polar surface area (TPSA) is 40.5 Å². The van der Waals surface area contributed by atoms with E-state index in [0.717, 1.165) is 6.54 Å². The minimum Gasteiger partial charge on any atom is -0.395 e. The highest BCUT2D eigenvalue weighted by atomic mass is 16.3. The highest BCUT2D eigenvalue weighted by Gasteiger charge is 2.29. The Kier molecular flexibility index (Phi) is 3.14. The molecule has 1 saturated heterocycles. The maximum absolute atomic E-state index is 11.3. The van der Waals surface area contributed by atoms with Gasteiger partial charge in [-0.15, -0.1) is 0 Å². The Hall–Kier alpha value is -1.19. The maximum Gasteiger partial charge on any atom is 0.148 e. The first-order valence-corrected chi connectivity index (χ1v) is 5.20. The number of rotatable bonds is 3. The number of hydrogen-bond donors (Lipinski definition) is 1. The third kappa shape index (κ3) is 2.43. The summed E-state index contributed by atoms with van der Waals surface area (Å²) in [6, 6.07) is 10.0. The Morgan fingerprint density at radius 2 is 2.07 bits per heavy atom. The van der Waals surface area contributed by atoms with Crippen LogP contribution in [0.4, 0.5) is 0 Å². The standard InChI is InChI=1S/C12H15NO2/c14-9-11-6-12(15)8-13(11)7-10-4-2-1-3-5-10/h1-5,11,14H,6-9H2/t11-/m1/s1. The number of likely N-dealkylation sites (tertiary alicyclic amines) is 1. The quantitative estimate of drug-likeness (QED) is 0.794. The zero-order valence-corrected chi connectivity index (χ0v) is 8.60. The largest absolute Gasteiger partial charge is 0.395 e. The Morgan fingerprint density at radius 1 is 1.33 bits per heavy atom. The molecule has 0 aromatic heterocycles. The van der Waals surface area contributed by atoms with Gasteiger partial charge in [0.1, 0.15) is 5.78 Å². The molecular weight excluding hydrogens is 190 g/mol. The van der Waals surface area contributed by atoms with E-state index < -0.39 is 0 Å². The molecule has 1 aromatic rings. The van der Waals surface area contributed by atoms with Gasteiger partial charge in [0, 0.05) is 19.0 Å². The third-order valence-electron chi connectivity index (χ3n) is 2.80. The molecule has 0 radical (unpaired) electrons. The van der Waals surface area contributed by atoms with E-state index in [1.165, 1.54) is 5.56 Å². The first-order valence-electron chi connectivity index (χ1n) is 5.20. The molecule has 0 bridgehead atoms. The van der Waals surface area contributed by atoms with Crippen LogP contribution in [-0.2, 0) is 11.3 Å². The summed E-state index contributed by atoms with van der Waals surface area (Å²) in [5.74, 6) is 0.227.